The zero-order valence-electron chi connectivity index (χ0n) is 17.5. The minimum Gasteiger partial charge on any atom is -0.349 e. The van der Waals surface area contributed by atoms with Crippen LogP contribution < -0.4 is 5.32 Å². The Morgan fingerprint density at radius 3 is 2.48 bits per heavy atom. The van der Waals surface area contributed by atoms with Gasteiger partial charge in [0.15, 0.2) is 0 Å². The molecule has 5 nitrogen and oxygen atoms in total. The lowest BCUT2D eigenvalue weighted by Gasteiger charge is -2.31. The van der Waals surface area contributed by atoms with Gasteiger partial charge in [0.2, 0.25) is 5.91 Å². The van der Waals surface area contributed by atoms with Gasteiger partial charge in [-0.05, 0) is 47.8 Å². The standard InChI is InChI=1S/C22H30N2O3S2/c1-16(17-9-11-19(12-10-17)22(2,3)4)23-21(25)18-7-5-13-24(15-18)29(26,27)20-8-6-14-28-20/h6,8-12,14,16,18H,5,7,13,15H2,1-4H3,(H,23,25)/t16-,18+/m1/s1. The van der Waals surface area contributed by atoms with E-state index in [4.69, 9.17) is 0 Å². The fourth-order valence-electron chi connectivity index (χ4n) is 3.60. The SMILES string of the molecule is C[C@@H](NC(=O)[C@H]1CCCN(S(=O)(=O)c2cccs2)C1)c1ccc(C(C)(C)C)cc1. The van der Waals surface area contributed by atoms with E-state index in [0.717, 1.165) is 5.56 Å². The lowest BCUT2D eigenvalue weighted by Crippen LogP contribution is -2.45. The van der Waals surface area contributed by atoms with E-state index in [1.54, 1.807) is 17.5 Å². The third-order valence-electron chi connectivity index (χ3n) is 5.48. The van der Waals surface area contributed by atoms with Crippen molar-refractivity contribution < 1.29 is 13.2 Å². The molecule has 29 heavy (non-hydrogen) atoms. The minimum absolute atomic E-state index is 0.0801. The lowest BCUT2D eigenvalue weighted by atomic mass is 9.86. The van der Waals surface area contributed by atoms with Gasteiger partial charge in [-0.2, -0.15) is 4.31 Å². The molecule has 1 aliphatic heterocycles. The molecule has 1 fully saturated rings. The van der Waals surface area contributed by atoms with Crippen molar-refractivity contribution in [3.63, 3.8) is 0 Å². The number of nitrogens with one attached hydrogen (secondary N) is 1. The van der Waals surface area contributed by atoms with Crippen molar-refractivity contribution in [2.75, 3.05) is 13.1 Å². The van der Waals surface area contributed by atoms with Crippen molar-refractivity contribution in [3.05, 3.63) is 52.9 Å². The molecule has 1 amide bonds. The quantitative estimate of drug-likeness (QED) is 0.762. The molecule has 7 heteroatoms. The predicted octanol–water partition coefficient (Wildman–Crippen LogP) is 4.32. The van der Waals surface area contributed by atoms with Crippen LogP contribution in [0.25, 0.3) is 0 Å². The average molecular weight is 435 g/mol. The summed E-state index contributed by atoms with van der Waals surface area (Å²) in [5.74, 6) is -0.404. The highest BCUT2D eigenvalue weighted by atomic mass is 32.2. The maximum atomic E-state index is 12.8. The number of carbonyl (C=O) groups is 1. The monoisotopic (exact) mass is 434 g/mol. The summed E-state index contributed by atoms with van der Waals surface area (Å²) in [7, 11) is -3.51. The first-order valence-corrected chi connectivity index (χ1v) is 12.4. The Bertz CT molecular complexity index is 929. The van der Waals surface area contributed by atoms with E-state index in [2.05, 4.69) is 50.4 Å². The Morgan fingerprint density at radius 1 is 1.21 bits per heavy atom. The third kappa shape index (κ3) is 5.08. The number of hydrogen-bond acceptors (Lipinski definition) is 4. The van der Waals surface area contributed by atoms with Crippen molar-refractivity contribution >= 4 is 27.3 Å². The highest BCUT2D eigenvalue weighted by molar-refractivity contribution is 7.91. The summed E-state index contributed by atoms with van der Waals surface area (Å²) in [6.07, 6.45) is 1.40. The molecular formula is C22H30N2O3S2. The van der Waals surface area contributed by atoms with Crippen LogP contribution in [0.3, 0.4) is 0 Å². The molecule has 1 aromatic heterocycles. The van der Waals surface area contributed by atoms with Crippen LogP contribution in [-0.4, -0.2) is 31.7 Å². The normalized spacial score (nSPS) is 19.7. The van der Waals surface area contributed by atoms with Crippen LogP contribution in [0.2, 0.25) is 0 Å². The molecule has 2 atom stereocenters. The molecule has 1 N–H and O–H groups in total. The first kappa shape index (κ1) is 22.0. The fraction of sp³-hybridized carbons (Fsp3) is 0.500. The van der Waals surface area contributed by atoms with Crippen LogP contribution >= 0.6 is 11.3 Å². The number of sulfonamides is 1. The number of amides is 1. The summed E-state index contributed by atoms with van der Waals surface area (Å²) in [4.78, 5) is 12.8. The van der Waals surface area contributed by atoms with E-state index in [0.29, 0.717) is 23.6 Å². The number of rotatable bonds is 5. The van der Waals surface area contributed by atoms with Crippen molar-refractivity contribution in [2.45, 2.75) is 56.2 Å². The number of hydrogen-bond donors (Lipinski definition) is 1. The maximum Gasteiger partial charge on any atom is 0.252 e. The maximum absolute atomic E-state index is 12.8. The molecule has 0 unspecified atom stereocenters. The minimum atomic E-state index is -3.51. The van der Waals surface area contributed by atoms with E-state index >= 15 is 0 Å². The molecule has 0 aliphatic carbocycles. The Morgan fingerprint density at radius 2 is 1.90 bits per heavy atom. The van der Waals surface area contributed by atoms with E-state index < -0.39 is 10.0 Å². The van der Waals surface area contributed by atoms with Crippen molar-refractivity contribution in [1.29, 1.82) is 0 Å². The first-order valence-electron chi connectivity index (χ1n) is 10.0. The van der Waals surface area contributed by atoms with Gasteiger partial charge in [-0.1, -0.05) is 51.1 Å². The van der Waals surface area contributed by atoms with E-state index in [-0.39, 0.29) is 29.8 Å². The fourth-order valence-corrected chi connectivity index (χ4v) is 6.27. The number of piperidine rings is 1. The summed E-state index contributed by atoms with van der Waals surface area (Å²) in [6, 6.07) is 11.5. The second-order valence-corrected chi connectivity index (χ2v) is 11.8. The summed E-state index contributed by atoms with van der Waals surface area (Å²) in [6.45, 7) is 9.19. The number of nitrogens with zero attached hydrogens (tertiary/aromatic N) is 1. The van der Waals surface area contributed by atoms with Gasteiger partial charge < -0.3 is 5.32 Å². The van der Waals surface area contributed by atoms with Crippen LogP contribution in [0.15, 0.2) is 46.0 Å². The van der Waals surface area contributed by atoms with E-state index in [9.17, 15) is 13.2 Å². The number of benzene rings is 1. The van der Waals surface area contributed by atoms with Gasteiger partial charge in [-0.15, -0.1) is 11.3 Å². The number of thiophene rings is 1. The van der Waals surface area contributed by atoms with Crippen molar-refractivity contribution in [2.24, 2.45) is 5.92 Å². The van der Waals surface area contributed by atoms with Crippen LogP contribution in [-0.2, 0) is 20.2 Å². The van der Waals surface area contributed by atoms with E-state index in [1.807, 2.05) is 6.92 Å². The van der Waals surface area contributed by atoms with Gasteiger partial charge in [0.05, 0.1) is 12.0 Å². The van der Waals surface area contributed by atoms with Crippen molar-refractivity contribution in [3.8, 4) is 0 Å². The zero-order valence-corrected chi connectivity index (χ0v) is 19.1. The number of carbonyl (C=O) groups excluding carboxylic acids is 1. The predicted molar refractivity (Wildman–Crippen MR) is 118 cm³/mol. The molecular weight excluding hydrogens is 404 g/mol. The summed E-state index contributed by atoms with van der Waals surface area (Å²) < 4.78 is 27.3. The van der Waals surface area contributed by atoms with Gasteiger partial charge in [-0.3, -0.25) is 4.79 Å². The topological polar surface area (TPSA) is 66.5 Å². The summed E-state index contributed by atoms with van der Waals surface area (Å²) in [5.41, 5.74) is 2.39. The largest absolute Gasteiger partial charge is 0.349 e. The van der Waals surface area contributed by atoms with Crippen LogP contribution in [0.1, 0.15) is 57.7 Å². The van der Waals surface area contributed by atoms with Gasteiger partial charge in [0.1, 0.15) is 4.21 Å². The smallest absolute Gasteiger partial charge is 0.252 e. The molecule has 1 aromatic carbocycles. The Balaban J connectivity index is 1.64. The van der Waals surface area contributed by atoms with Gasteiger partial charge in [-0.25, -0.2) is 8.42 Å². The Hall–Kier alpha value is -1.70. The van der Waals surface area contributed by atoms with Gasteiger partial charge in [0, 0.05) is 13.1 Å². The molecule has 1 aliphatic rings. The second kappa shape index (κ2) is 8.58. The first-order chi connectivity index (χ1) is 13.6. The zero-order chi connectivity index (χ0) is 21.2. The van der Waals surface area contributed by atoms with Crippen LogP contribution in [0, 0.1) is 5.92 Å². The average Bonchev–Trinajstić information content (AvgIpc) is 3.23. The van der Waals surface area contributed by atoms with E-state index in [1.165, 1.54) is 21.2 Å². The molecule has 0 spiro atoms. The molecule has 0 radical (unpaired) electrons. The lowest BCUT2D eigenvalue weighted by molar-refractivity contribution is -0.126. The Labute approximate surface area is 178 Å². The molecule has 2 heterocycles. The van der Waals surface area contributed by atoms with Gasteiger partial charge >= 0.3 is 0 Å². The Kier molecular flexibility index (Phi) is 6.51. The highest BCUT2D eigenvalue weighted by Crippen LogP contribution is 2.27. The molecule has 1 saturated heterocycles. The van der Waals surface area contributed by atoms with Crippen molar-refractivity contribution in [1.82, 2.24) is 9.62 Å². The van der Waals surface area contributed by atoms with Crippen LogP contribution in [0.4, 0.5) is 0 Å². The molecule has 3 rings (SSSR count). The molecule has 2 aromatic rings. The molecule has 158 valence electrons. The summed E-state index contributed by atoms with van der Waals surface area (Å²) in [5, 5.41) is 4.83. The molecule has 0 saturated carbocycles. The summed E-state index contributed by atoms with van der Waals surface area (Å²) >= 11 is 1.21. The van der Waals surface area contributed by atoms with Crippen LogP contribution in [0.5, 0.6) is 0 Å². The highest BCUT2D eigenvalue weighted by Gasteiger charge is 2.34. The second-order valence-electron chi connectivity index (χ2n) is 8.74. The third-order valence-corrected chi connectivity index (χ3v) is 8.72. The molecule has 0 bridgehead atoms. The van der Waals surface area contributed by atoms with Gasteiger partial charge in [0.25, 0.3) is 10.0 Å².